The molecular formula is C13H24N2O4. The van der Waals surface area contributed by atoms with Crippen LogP contribution >= 0.6 is 0 Å². The molecule has 0 aromatic rings. The first kappa shape index (κ1) is 15.9. The minimum atomic E-state index is -0.998. The smallest absolute Gasteiger partial charge is 0.326 e. The lowest BCUT2D eigenvalue weighted by Crippen LogP contribution is -2.55. The number of carboxylic acids is 1. The van der Waals surface area contributed by atoms with E-state index in [9.17, 15) is 14.7 Å². The van der Waals surface area contributed by atoms with Crippen LogP contribution in [0.1, 0.15) is 33.1 Å². The Morgan fingerprint density at radius 3 is 2.42 bits per heavy atom. The van der Waals surface area contributed by atoms with E-state index in [0.717, 1.165) is 0 Å². The number of ether oxygens (including phenoxy) is 1. The van der Waals surface area contributed by atoms with Crippen molar-refractivity contribution in [2.24, 2.45) is 17.1 Å². The van der Waals surface area contributed by atoms with Crippen molar-refractivity contribution in [3.05, 3.63) is 0 Å². The second kappa shape index (κ2) is 6.86. The van der Waals surface area contributed by atoms with Crippen molar-refractivity contribution in [2.45, 2.75) is 39.2 Å². The maximum atomic E-state index is 12.4. The predicted molar refractivity (Wildman–Crippen MR) is 70.6 cm³/mol. The lowest BCUT2D eigenvalue weighted by Gasteiger charge is -2.36. The molecular weight excluding hydrogens is 248 g/mol. The highest BCUT2D eigenvalue weighted by Crippen LogP contribution is 2.30. The third-order valence-corrected chi connectivity index (χ3v) is 4.09. The van der Waals surface area contributed by atoms with E-state index in [-0.39, 0.29) is 18.4 Å². The van der Waals surface area contributed by atoms with Crippen LogP contribution in [-0.4, -0.2) is 42.8 Å². The molecule has 0 aliphatic carbocycles. The van der Waals surface area contributed by atoms with Crippen molar-refractivity contribution < 1.29 is 19.4 Å². The first-order valence-corrected chi connectivity index (χ1v) is 6.78. The molecule has 0 saturated carbocycles. The fourth-order valence-corrected chi connectivity index (χ4v) is 2.26. The first-order valence-electron chi connectivity index (χ1n) is 6.78. The lowest BCUT2D eigenvalue weighted by molar-refractivity contribution is -0.147. The standard InChI is InChI=1S/C13H24N2O4/c1-3-9(2)10(11(16)17)15-12(18)13(8-14)4-6-19-7-5-13/h9-10H,3-8,14H2,1-2H3,(H,15,18)(H,16,17)/t9-,10-/m0/s1. The summed E-state index contributed by atoms with van der Waals surface area (Å²) >= 11 is 0. The Morgan fingerprint density at radius 1 is 1.42 bits per heavy atom. The zero-order valence-electron chi connectivity index (χ0n) is 11.6. The van der Waals surface area contributed by atoms with Crippen LogP contribution in [0.15, 0.2) is 0 Å². The zero-order chi connectivity index (χ0) is 14.5. The maximum absolute atomic E-state index is 12.4. The van der Waals surface area contributed by atoms with Crippen LogP contribution in [0.2, 0.25) is 0 Å². The summed E-state index contributed by atoms with van der Waals surface area (Å²) in [6.07, 6.45) is 1.78. The van der Waals surface area contributed by atoms with Crippen LogP contribution in [0.25, 0.3) is 0 Å². The van der Waals surface area contributed by atoms with E-state index in [2.05, 4.69) is 5.32 Å². The van der Waals surface area contributed by atoms with Crippen molar-refractivity contribution >= 4 is 11.9 Å². The van der Waals surface area contributed by atoms with Gasteiger partial charge in [-0.25, -0.2) is 4.79 Å². The molecule has 1 amide bonds. The van der Waals surface area contributed by atoms with Gasteiger partial charge < -0.3 is 20.9 Å². The van der Waals surface area contributed by atoms with Gasteiger partial charge in [-0.1, -0.05) is 20.3 Å². The molecule has 1 saturated heterocycles. The van der Waals surface area contributed by atoms with Crippen LogP contribution in [0.5, 0.6) is 0 Å². The molecule has 0 spiro atoms. The van der Waals surface area contributed by atoms with Crippen LogP contribution in [0.4, 0.5) is 0 Å². The summed E-state index contributed by atoms with van der Waals surface area (Å²) < 4.78 is 5.25. The molecule has 0 bridgehead atoms. The molecule has 1 aliphatic heterocycles. The van der Waals surface area contributed by atoms with E-state index in [1.54, 1.807) is 0 Å². The number of nitrogens with one attached hydrogen (secondary N) is 1. The monoisotopic (exact) mass is 272 g/mol. The van der Waals surface area contributed by atoms with Gasteiger partial charge in [-0.2, -0.15) is 0 Å². The molecule has 110 valence electrons. The number of amides is 1. The van der Waals surface area contributed by atoms with Crippen molar-refractivity contribution in [3.8, 4) is 0 Å². The number of carbonyl (C=O) groups is 2. The van der Waals surface area contributed by atoms with E-state index >= 15 is 0 Å². The topological polar surface area (TPSA) is 102 Å². The summed E-state index contributed by atoms with van der Waals surface area (Å²) in [4.78, 5) is 23.6. The summed E-state index contributed by atoms with van der Waals surface area (Å²) in [7, 11) is 0. The third-order valence-electron chi connectivity index (χ3n) is 4.09. The zero-order valence-corrected chi connectivity index (χ0v) is 11.6. The van der Waals surface area contributed by atoms with E-state index in [0.29, 0.717) is 32.5 Å². The number of nitrogens with two attached hydrogens (primary N) is 1. The van der Waals surface area contributed by atoms with Gasteiger partial charge in [0, 0.05) is 19.8 Å². The van der Waals surface area contributed by atoms with E-state index in [1.165, 1.54) is 0 Å². The first-order chi connectivity index (χ1) is 8.96. The number of rotatable bonds is 6. The maximum Gasteiger partial charge on any atom is 0.326 e. The molecule has 1 heterocycles. The van der Waals surface area contributed by atoms with Crippen LogP contribution in [0, 0.1) is 11.3 Å². The molecule has 1 fully saturated rings. The van der Waals surface area contributed by atoms with Crippen molar-refractivity contribution in [1.82, 2.24) is 5.32 Å². The fraction of sp³-hybridized carbons (Fsp3) is 0.846. The summed E-state index contributed by atoms with van der Waals surface area (Å²) in [5.74, 6) is -1.37. The molecule has 1 rings (SSSR count). The minimum Gasteiger partial charge on any atom is -0.480 e. The van der Waals surface area contributed by atoms with Crippen molar-refractivity contribution in [1.29, 1.82) is 0 Å². The van der Waals surface area contributed by atoms with Gasteiger partial charge in [0.05, 0.1) is 5.41 Å². The lowest BCUT2D eigenvalue weighted by atomic mass is 9.79. The molecule has 6 heteroatoms. The largest absolute Gasteiger partial charge is 0.480 e. The average Bonchev–Trinajstić information content (AvgIpc) is 2.43. The molecule has 4 N–H and O–H groups in total. The minimum absolute atomic E-state index is 0.115. The normalized spacial score (nSPS) is 21.4. The predicted octanol–water partition coefficient (Wildman–Crippen LogP) is 0.357. The summed E-state index contributed by atoms with van der Waals surface area (Å²) in [5.41, 5.74) is 5.05. The number of carboxylic acid groups (broad SMARTS) is 1. The highest BCUT2D eigenvalue weighted by molar-refractivity contribution is 5.87. The fourth-order valence-electron chi connectivity index (χ4n) is 2.26. The number of carbonyl (C=O) groups excluding carboxylic acids is 1. The van der Waals surface area contributed by atoms with Gasteiger partial charge in [0.25, 0.3) is 0 Å². The number of hydrogen-bond donors (Lipinski definition) is 3. The average molecular weight is 272 g/mol. The van der Waals surface area contributed by atoms with Crippen molar-refractivity contribution in [3.63, 3.8) is 0 Å². The second-order valence-electron chi connectivity index (χ2n) is 5.27. The molecule has 0 unspecified atom stereocenters. The van der Waals surface area contributed by atoms with Gasteiger partial charge >= 0.3 is 5.97 Å². The van der Waals surface area contributed by atoms with Crippen LogP contribution < -0.4 is 11.1 Å². The molecule has 2 atom stereocenters. The second-order valence-corrected chi connectivity index (χ2v) is 5.27. The quantitative estimate of drug-likeness (QED) is 0.648. The Bertz CT molecular complexity index is 327. The van der Waals surface area contributed by atoms with Gasteiger partial charge in [-0.05, 0) is 18.8 Å². The van der Waals surface area contributed by atoms with Crippen molar-refractivity contribution in [2.75, 3.05) is 19.8 Å². The summed E-state index contributed by atoms with van der Waals surface area (Å²) in [6.45, 7) is 4.92. The molecule has 6 nitrogen and oxygen atoms in total. The Morgan fingerprint density at radius 2 is 2.00 bits per heavy atom. The molecule has 0 radical (unpaired) electrons. The molecule has 0 aromatic heterocycles. The highest BCUT2D eigenvalue weighted by atomic mass is 16.5. The summed E-state index contributed by atoms with van der Waals surface area (Å²) in [5, 5.41) is 11.9. The van der Waals surface area contributed by atoms with E-state index in [4.69, 9.17) is 10.5 Å². The van der Waals surface area contributed by atoms with Crippen LogP contribution in [-0.2, 0) is 14.3 Å². The van der Waals surface area contributed by atoms with Gasteiger partial charge in [0.1, 0.15) is 6.04 Å². The molecule has 0 aromatic carbocycles. The Labute approximate surface area is 113 Å². The Balaban J connectivity index is 2.77. The van der Waals surface area contributed by atoms with Gasteiger partial charge in [0.2, 0.25) is 5.91 Å². The van der Waals surface area contributed by atoms with E-state index < -0.39 is 17.4 Å². The highest BCUT2D eigenvalue weighted by Gasteiger charge is 2.41. The van der Waals surface area contributed by atoms with Gasteiger partial charge in [-0.15, -0.1) is 0 Å². The summed E-state index contributed by atoms with van der Waals surface area (Å²) in [6, 6.07) is -0.858. The Hall–Kier alpha value is -1.14. The number of aliphatic carboxylic acids is 1. The van der Waals surface area contributed by atoms with Crippen LogP contribution in [0.3, 0.4) is 0 Å². The SMILES string of the molecule is CC[C@H](C)[C@H](NC(=O)C1(CN)CCOCC1)C(=O)O. The Kier molecular flexibility index (Phi) is 5.75. The molecule has 1 aliphatic rings. The molecule has 19 heavy (non-hydrogen) atoms. The third kappa shape index (κ3) is 3.67. The van der Waals surface area contributed by atoms with Gasteiger partial charge in [-0.3, -0.25) is 4.79 Å². The number of hydrogen-bond acceptors (Lipinski definition) is 4. The van der Waals surface area contributed by atoms with Gasteiger partial charge in [0.15, 0.2) is 0 Å². The van der Waals surface area contributed by atoms with E-state index in [1.807, 2.05) is 13.8 Å².